The molecule has 0 atom stereocenters. The summed E-state index contributed by atoms with van der Waals surface area (Å²) in [5.74, 6) is -0.435. The third-order valence-electron chi connectivity index (χ3n) is 5.19. The lowest BCUT2D eigenvalue weighted by atomic mass is 10.2. The summed E-state index contributed by atoms with van der Waals surface area (Å²) in [6.07, 6.45) is 1.54. The van der Waals surface area contributed by atoms with Crippen LogP contribution in [0.2, 0.25) is 0 Å². The second kappa shape index (κ2) is 8.84. The van der Waals surface area contributed by atoms with E-state index in [0.717, 1.165) is 30.5 Å². The van der Waals surface area contributed by atoms with Crippen molar-refractivity contribution in [1.29, 1.82) is 0 Å². The highest BCUT2D eigenvalue weighted by molar-refractivity contribution is 6.07. The van der Waals surface area contributed by atoms with Crippen LogP contribution in [-0.4, -0.2) is 52.8 Å². The van der Waals surface area contributed by atoms with E-state index in [1.54, 1.807) is 17.2 Å². The lowest BCUT2D eigenvalue weighted by Crippen LogP contribution is -2.48. The Morgan fingerprint density at radius 1 is 0.897 bits per heavy atom. The van der Waals surface area contributed by atoms with Crippen molar-refractivity contribution < 1.29 is 9.59 Å². The van der Waals surface area contributed by atoms with Gasteiger partial charge in [0.2, 0.25) is 11.8 Å². The Morgan fingerprint density at radius 3 is 2.45 bits per heavy atom. The molecule has 148 valence electrons. The van der Waals surface area contributed by atoms with Crippen LogP contribution in [0.25, 0.3) is 10.9 Å². The molecular formula is C23H24N4O2. The molecule has 1 aliphatic rings. The number of amides is 2. The van der Waals surface area contributed by atoms with Crippen molar-refractivity contribution in [2.75, 3.05) is 31.5 Å². The zero-order valence-electron chi connectivity index (χ0n) is 16.3. The number of para-hydroxylation sites is 1. The molecule has 29 heavy (non-hydrogen) atoms. The van der Waals surface area contributed by atoms with Crippen molar-refractivity contribution in [2.45, 2.75) is 13.0 Å². The van der Waals surface area contributed by atoms with Crippen LogP contribution in [0, 0.1) is 0 Å². The minimum atomic E-state index is -0.306. The van der Waals surface area contributed by atoms with Crippen LogP contribution >= 0.6 is 0 Å². The molecule has 1 aliphatic heterocycles. The maximum atomic E-state index is 12.6. The number of nitrogens with zero attached hydrogens (tertiary/aromatic N) is 3. The standard InChI is InChI=1S/C23H24N4O2/c28-21(25-20-10-4-8-19-9-5-11-24-23(19)20)16-22(29)27-14-12-26(13-15-27)17-18-6-2-1-3-7-18/h1-11H,12-17H2,(H,25,28). The Labute approximate surface area is 170 Å². The first-order chi connectivity index (χ1) is 14.2. The summed E-state index contributed by atoms with van der Waals surface area (Å²) in [6, 6.07) is 19.7. The van der Waals surface area contributed by atoms with E-state index in [1.807, 2.05) is 42.5 Å². The summed E-state index contributed by atoms with van der Waals surface area (Å²) in [5.41, 5.74) is 2.63. The summed E-state index contributed by atoms with van der Waals surface area (Å²) in [4.78, 5) is 33.4. The molecule has 0 aliphatic carbocycles. The number of carbonyl (C=O) groups excluding carboxylic acids is 2. The van der Waals surface area contributed by atoms with E-state index in [0.29, 0.717) is 18.8 Å². The first-order valence-electron chi connectivity index (χ1n) is 9.87. The van der Waals surface area contributed by atoms with E-state index in [-0.39, 0.29) is 18.2 Å². The molecule has 1 saturated heterocycles. The van der Waals surface area contributed by atoms with Gasteiger partial charge in [-0.05, 0) is 17.7 Å². The first-order valence-corrected chi connectivity index (χ1v) is 9.87. The maximum Gasteiger partial charge on any atom is 0.233 e. The Hall–Kier alpha value is -3.25. The molecule has 2 heterocycles. The number of nitrogens with one attached hydrogen (secondary N) is 1. The van der Waals surface area contributed by atoms with Crippen LogP contribution in [0.5, 0.6) is 0 Å². The molecule has 6 heteroatoms. The molecule has 0 saturated carbocycles. The van der Waals surface area contributed by atoms with Crippen molar-refractivity contribution in [2.24, 2.45) is 0 Å². The topological polar surface area (TPSA) is 65.5 Å². The van der Waals surface area contributed by atoms with E-state index in [2.05, 4.69) is 27.3 Å². The fourth-order valence-electron chi connectivity index (χ4n) is 3.65. The molecular weight excluding hydrogens is 364 g/mol. The van der Waals surface area contributed by atoms with Gasteiger partial charge in [-0.25, -0.2) is 0 Å². The first kappa shape index (κ1) is 19.1. The summed E-state index contributed by atoms with van der Waals surface area (Å²) in [6.45, 7) is 3.81. The van der Waals surface area contributed by atoms with Gasteiger partial charge in [0.05, 0.1) is 11.2 Å². The molecule has 6 nitrogen and oxygen atoms in total. The Kier molecular flexibility index (Phi) is 5.81. The number of benzene rings is 2. The highest BCUT2D eigenvalue weighted by Gasteiger charge is 2.23. The Balaban J connectivity index is 1.29. The highest BCUT2D eigenvalue weighted by atomic mass is 16.2. The number of hydrogen-bond acceptors (Lipinski definition) is 4. The Bertz CT molecular complexity index is 993. The lowest BCUT2D eigenvalue weighted by Gasteiger charge is -2.34. The minimum absolute atomic E-state index is 0.130. The minimum Gasteiger partial charge on any atom is -0.340 e. The van der Waals surface area contributed by atoms with E-state index in [4.69, 9.17) is 0 Å². The van der Waals surface area contributed by atoms with E-state index < -0.39 is 0 Å². The predicted molar refractivity (Wildman–Crippen MR) is 113 cm³/mol. The quantitative estimate of drug-likeness (QED) is 0.683. The number of hydrogen-bond donors (Lipinski definition) is 1. The molecule has 0 bridgehead atoms. The van der Waals surface area contributed by atoms with E-state index in [1.165, 1.54) is 5.56 Å². The average molecular weight is 388 g/mol. The second-order valence-corrected chi connectivity index (χ2v) is 7.25. The van der Waals surface area contributed by atoms with Gasteiger partial charge in [0, 0.05) is 44.3 Å². The van der Waals surface area contributed by atoms with Crippen molar-refractivity contribution in [1.82, 2.24) is 14.8 Å². The molecule has 0 radical (unpaired) electrons. The van der Waals surface area contributed by atoms with Crippen molar-refractivity contribution in [3.8, 4) is 0 Å². The average Bonchev–Trinajstić information content (AvgIpc) is 2.75. The van der Waals surface area contributed by atoms with E-state index in [9.17, 15) is 9.59 Å². The van der Waals surface area contributed by atoms with Crippen LogP contribution in [0.4, 0.5) is 5.69 Å². The SMILES string of the molecule is O=C(CC(=O)N1CCN(Cc2ccccc2)CC1)Nc1cccc2cccnc12. The number of anilines is 1. The smallest absolute Gasteiger partial charge is 0.233 e. The van der Waals surface area contributed by atoms with Crippen LogP contribution < -0.4 is 5.32 Å². The second-order valence-electron chi connectivity index (χ2n) is 7.25. The monoisotopic (exact) mass is 388 g/mol. The molecule has 2 aromatic carbocycles. The molecule has 0 unspecified atom stereocenters. The molecule has 1 N–H and O–H groups in total. The largest absolute Gasteiger partial charge is 0.340 e. The lowest BCUT2D eigenvalue weighted by molar-refractivity contribution is -0.136. The molecule has 1 aromatic heterocycles. The van der Waals surface area contributed by atoms with Gasteiger partial charge >= 0.3 is 0 Å². The highest BCUT2D eigenvalue weighted by Crippen LogP contribution is 2.20. The van der Waals surface area contributed by atoms with Crippen LogP contribution in [0.1, 0.15) is 12.0 Å². The van der Waals surface area contributed by atoms with Gasteiger partial charge in [-0.3, -0.25) is 19.5 Å². The van der Waals surface area contributed by atoms with Crippen LogP contribution in [0.3, 0.4) is 0 Å². The third kappa shape index (κ3) is 4.78. The van der Waals surface area contributed by atoms with Gasteiger partial charge in [-0.2, -0.15) is 0 Å². The summed E-state index contributed by atoms with van der Waals surface area (Å²) < 4.78 is 0. The summed E-state index contributed by atoms with van der Waals surface area (Å²) in [7, 11) is 0. The third-order valence-corrected chi connectivity index (χ3v) is 5.19. The van der Waals surface area contributed by atoms with Gasteiger partial charge in [0.25, 0.3) is 0 Å². The zero-order chi connectivity index (χ0) is 20.1. The van der Waals surface area contributed by atoms with Crippen LogP contribution in [-0.2, 0) is 16.1 Å². The van der Waals surface area contributed by atoms with Crippen molar-refractivity contribution in [3.63, 3.8) is 0 Å². The molecule has 1 fully saturated rings. The van der Waals surface area contributed by atoms with Crippen molar-refractivity contribution >= 4 is 28.4 Å². The summed E-state index contributed by atoms with van der Waals surface area (Å²) in [5, 5.41) is 3.79. The normalized spacial score (nSPS) is 14.7. The predicted octanol–water partition coefficient (Wildman–Crippen LogP) is 2.91. The molecule has 2 amide bonds. The number of piperazine rings is 1. The van der Waals surface area contributed by atoms with Gasteiger partial charge in [-0.15, -0.1) is 0 Å². The number of pyridine rings is 1. The van der Waals surface area contributed by atoms with Gasteiger partial charge in [-0.1, -0.05) is 48.5 Å². The molecule has 4 rings (SSSR count). The maximum absolute atomic E-state index is 12.6. The molecule has 0 spiro atoms. The van der Waals surface area contributed by atoms with Crippen molar-refractivity contribution in [3.05, 3.63) is 72.4 Å². The number of aromatic nitrogens is 1. The Morgan fingerprint density at radius 2 is 1.66 bits per heavy atom. The fraction of sp³-hybridized carbons (Fsp3) is 0.261. The van der Waals surface area contributed by atoms with Gasteiger partial charge in [0.1, 0.15) is 6.42 Å². The van der Waals surface area contributed by atoms with Crippen LogP contribution in [0.15, 0.2) is 66.9 Å². The number of rotatable bonds is 5. The number of fused-ring (bicyclic) bond motifs is 1. The fourth-order valence-corrected chi connectivity index (χ4v) is 3.65. The number of carbonyl (C=O) groups is 2. The summed E-state index contributed by atoms with van der Waals surface area (Å²) >= 11 is 0. The molecule has 3 aromatic rings. The van der Waals surface area contributed by atoms with E-state index >= 15 is 0 Å². The van der Waals surface area contributed by atoms with Gasteiger partial charge < -0.3 is 10.2 Å². The zero-order valence-corrected chi connectivity index (χ0v) is 16.3. The van der Waals surface area contributed by atoms with Gasteiger partial charge in [0.15, 0.2) is 0 Å².